The summed E-state index contributed by atoms with van der Waals surface area (Å²) in [6.07, 6.45) is 0. The zero-order chi connectivity index (χ0) is 14.8. The lowest BCUT2D eigenvalue weighted by molar-refractivity contribution is 0.413. The standard InChI is InChI=1S/C16H12N2O3/c1-20-14-7-6-11(8-12(14)9-17)10-18-13-4-2-3-5-15(13)21-16(18)19/h2-8H,10H2,1H3. The highest BCUT2D eigenvalue weighted by Crippen LogP contribution is 2.20. The maximum atomic E-state index is 11.9. The smallest absolute Gasteiger partial charge is 0.420 e. The predicted octanol–water partition coefficient (Wildman–Crippen LogP) is 2.52. The lowest BCUT2D eigenvalue weighted by atomic mass is 10.1. The summed E-state index contributed by atoms with van der Waals surface area (Å²) in [6.45, 7) is 0.342. The molecule has 5 heteroatoms. The average Bonchev–Trinajstić information content (AvgIpc) is 2.83. The maximum Gasteiger partial charge on any atom is 0.420 e. The molecule has 0 aliphatic rings. The number of ether oxygens (including phenoxy) is 1. The zero-order valence-electron chi connectivity index (χ0n) is 11.4. The Morgan fingerprint density at radius 1 is 1.29 bits per heavy atom. The molecule has 0 bridgehead atoms. The highest BCUT2D eigenvalue weighted by Gasteiger charge is 2.10. The third-order valence-electron chi connectivity index (χ3n) is 3.30. The number of aromatic nitrogens is 1. The number of nitrogens with zero attached hydrogens (tertiary/aromatic N) is 2. The van der Waals surface area contributed by atoms with E-state index in [1.165, 1.54) is 11.7 Å². The number of nitriles is 1. The van der Waals surface area contributed by atoms with Crippen LogP contribution in [0.15, 0.2) is 51.7 Å². The number of methoxy groups -OCH3 is 1. The molecular weight excluding hydrogens is 268 g/mol. The number of hydrogen-bond acceptors (Lipinski definition) is 4. The molecule has 0 radical (unpaired) electrons. The Kier molecular flexibility index (Phi) is 3.20. The van der Waals surface area contributed by atoms with Crippen molar-refractivity contribution in [3.63, 3.8) is 0 Å². The van der Waals surface area contributed by atoms with Crippen molar-refractivity contribution in [2.45, 2.75) is 6.54 Å². The van der Waals surface area contributed by atoms with Crippen LogP contribution in [0.5, 0.6) is 5.75 Å². The van der Waals surface area contributed by atoms with Gasteiger partial charge in [0.1, 0.15) is 11.8 Å². The second-order valence-corrected chi connectivity index (χ2v) is 4.57. The molecule has 0 N–H and O–H groups in total. The highest BCUT2D eigenvalue weighted by molar-refractivity contribution is 5.72. The maximum absolute atomic E-state index is 11.9. The number of rotatable bonds is 3. The van der Waals surface area contributed by atoms with Crippen LogP contribution in [0.4, 0.5) is 0 Å². The van der Waals surface area contributed by atoms with Crippen molar-refractivity contribution in [2.24, 2.45) is 0 Å². The van der Waals surface area contributed by atoms with Gasteiger partial charge in [-0.2, -0.15) is 5.26 Å². The Bertz CT molecular complexity index is 900. The van der Waals surface area contributed by atoms with Crippen molar-refractivity contribution in [3.8, 4) is 11.8 Å². The lowest BCUT2D eigenvalue weighted by Crippen LogP contribution is -2.14. The number of benzene rings is 2. The van der Waals surface area contributed by atoms with Crippen LogP contribution in [-0.4, -0.2) is 11.7 Å². The first kappa shape index (κ1) is 13.0. The van der Waals surface area contributed by atoms with Crippen molar-refractivity contribution in [1.29, 1.82) is 5.26 Å². The molecule has 0 atom stereocenters. The van der Waals surface area contributed by atoms with E-state index in [2.05, 4.69) is 6.07 Å². The van der Waals surface area contributed by atoms with Gasteiger partial charge in [0.05, 0.1) is 24.7 Å². The third-order valence-corrected chi connectivity index (χ3v) is 3.30. The minimum atomic E-state index is -0.412. The van der Waals surface area contributed by atoms with E-state index in [4.69, 9.17) is 14.4 Å². The molecule has 0 spiro atoms. The van der Waals surface area contributed by atoms with Crippen LogP contribution in [0.3, 0.4) is 0 Å². The summed E-state index contributed by atoms with van der Waals surface area (Å²) in [7, 11) is 1.52. The zero-order valence-corrected chi connectivity index (χ0v) is 11.4. The molecular formula is C16H12N2O3. The number of fused-ring (bicyclic) bond motifs is 1. The van der Waals surface area contributed by atoms with Gasteiger partial charge in [-0.15, -0.1) is 0 Å². The van der Waals surface area contributed by atoms with E-state index in [0.717, 1.165) is 11.1 Å². The molecule has 0 unspecified atom stereocenters. The molecule has 21 heavy (non-hydrogen) atoms. The summed E-state index contributed by atoms with van der Waals surface area (Å²) >= 11 is 0. The molecule has 1 heterocycles. The van der Waals surface area contributed by atoms with Crippen molar-refractivity contribution in [3.05, 3.63) is 64.1 Å². The van der Waals surface area contributed by atoms with Crippen molar-refractivity contribution >= 4 is 11.1 Å². The van der Waals surface area contributed by atoms with Crippen molar-refractivity contribution in [2.75, 3.05) is 7.11 Å². The number of oxazole rings is 1. The van der Waals surface area contributed by atoms with E-state index in [0.29, 0.717) is 23.4 Å². The fourth-order valence-corrected chi connectivity index (χ4v) is 2.29. The molecule has 0 aliphatic carbocycles. The SMILES string of the molecule is COc1ccc(Cn2c(=O)oc3ccccc32)cc1C#N. The van der Waals surface area contributed by atoms with Crippen LogP contribution in [-0.2, 0) is 6.54 Å². The van der Waals surface area contributed by atoms with Gasteiger partial charge < -0.3 is 9.15 Å². The van der Waals surface area contributed by atoms with Gasteiger partial charge in [-0.1, -0.05) is 18.2 Å². The van der Waals surface area contributed by atoms with E-state index in [1.54, 1.807) is 18.2 Å². The first-order valence-electron chi connectivity index (χ1n) is 6.38. The summed E-state index contributed by atoms with van der Waals surface area (Å²) in [5, 5.41) is 9.11. The molecule has 5 nitrogen and oxygen atoms in total. The van der Waals surface area contributed by atoms with E-state index in [9.17, 15) is 4.79 Å². The second-order valence-electron chi connectivity index (χ2n) is 4.57. The lowest BCUT2D eigenvalue weighted by Gasteiger charge is -2.06. The second kappa shape index (κ2) is 5.17. The molecule has 0 saturated heterocycles. The first-order chi connectivity index (χ1) is 10.2. The van der Waals surface area contributed by atoms with Gasteiger partial charge in [-0.05, 0) is 29.8 Å². The fraction of sp³-hybridized carbons (Fsp3) is 0.125. The van der Waals surface area contributed by atoms with E-state index in [1.807, 2.05) is 24.3 Å². The van der Waals surface area contributed by atoms with Crippen LogP contribution in [0, 0.1) is 11.3 Å². The molecule has 0 fully saturated rings. The van der Waals surface area contributed by atoms with Crippen LogP contribution in [0.1, 0.15) is 11.1 Å². The van der Waals surface area contributed by atoms with Crippen molar-refractivity contribution < 1.29 is 9.15 Å². The minimum Gasteiger partial charge on any atom is -0.495 e. The average molecular weight is 280 g/mol. The van der Waals surface area contributed by atoms with Crippen molar-refractivity contribution in [1.82, 2.24) is 4.57 Å². The quantitative estimate of drug-likeness (QED) is 0.739. The molecule has 0 amide bonds. The normalized spacial score (nSPS) is 10.5. The number of para-hydroxylation sites is 2. The monoisotopic (exact) mass is 280 g/mol. The Labute approximate surface area is 120 Å². The molecule has 3 rings (SSSR count). The van der Waals surface area contributed by atoms with Gasteiger partial charge in [0.2, 0.25) is 0 Å². The van der Waals surface area contributed by atoms with Gasteiger partial charge >= 0.3 is 5.76 Å². The van der Waals surface area contributed by atoms with E-state index in [-0.39, 0.29) is 0 Å². The summed E-state index contributed by atoms with van der Waals surface area (Å²) < 4.78 is 11.8. The molecule has 0 saturated carbocycles. The summed E-state index contributed by atoms with van der Waals surface area (Å²) in [5.74, 6) is 0.108. The number of hydrogen-bond donors (Lipinski definition) is 0. The molecule has 3 aromatic rings. The molecule has 0 aliphatic heterocycles. The predicted molar refractivity (Wildman–Crippen MR) is 77.3 cm³/mol. The van der Waals surface area contributed by atoms with Crippen LogP contribution >= 0.6 is 0 Å². The first-order valence-corrected chi connectivity index (χ1v) is 6.38. The molecule has 1 aromatic heterocycles. The van der Waals surface area contributed by atoms with Crippen LogP contribution in [0.2, 0.25) is 0 Å². The van der Waals surface area contributed by atoms with Gasteiger partial charge in [-0.25, -0.2) is 4.79 Å². The fourth-order valence-electron chi connectivity index (χ4n) is 2.29. The topological polar surface area (TPSA) is 68.2 Å². The van der Waals surface area contributed by atoms with E-state index >= 15 is 0 Å². The Morgan fingerprint density at radius 3 is 2.86 bits per heavy atom. The van der Waals surface area contributed by atoms with Gasteiger partial charge in [0, 0.05) is 0 Å². The minimum absolute atomic E-state index is 0.342. The van der Waals surface area contributed by atoms with E-state index < -0.39 is 5.76 Å². The summed E-state index contributed by atoms with van der Waals surface area (Å²) in [6, 6.07) is 14.6. The van der Waals surface area contributed by atoms with Gasteiger partial charge in [-0.3, -0.25) is 4.57 Å². The highest BCUT2D eigenvalue weighted by atomic mass is 16.5. The van der Waals surface area contributed by atoms with Gasteiger partial charge in [0.25, 0.3) is 0 Å². The van der Waals surface area contributed by atoms with Crippen LogP contribution in [0.25, 0.3) is 11.1 Å². The third kappa shape index (κ3) is 2.28. The summed E-state index contributed by atoms with van der Waals surface area (Å²) in [4.78, 5) is 11.9. The summed E-state index contributed by atoms with van der Waals surface area (Å²) in [5.41, 5.74) is 2.56. The largest absolute Gasteiger partial charge is 0.495 e. The van der Waals surface area contributed by atoms with Crippen LogP contribution < -0.4 is 10.5 Å². The Balaban J connectivity index is 2.05. The molecule has 104 valence electrons. The Hall–Kier alpha value is -3.00. The van der Waals surface area contributed by atoms with Gasteiger partial charge in [0.15, 0.2) is 5.58 Å². The molecule has 2 aromatic carbocycles. The Morgan fingerprint density at radius 2 is 2.10 bits per heavy atom.